The minimum atomic E-state index is -3.62. The van der Waals surface area contributed by atoms with Gasteiger partial charge in [-0.05, 0) is 38.7 Å². The van der Waals surface area contributed by atoms with Crippen molar-refractivity contribution in [3.05, 3.63) is 16.8 Å². The van der Waals surface area contributed by atoms with Gasteiger partial charge in [0.15, 0.2) is 0 Å². The van der Waals surface area contributed by atoms with Gasteiger partial charge in [0, 0.05) is 36.9 Å². The van der Waals surface area contributed by atoms with Gasteiger partial charge >= 0.3 is 0 Å². The third kappa shape index (κ3) is 4.24. The molecule has 1 aliphatic carbocycles. The zero-order valence-corrected chi connectivity index (χ0v) is 18.3. The summed E-state index contributed by atoms with van der Waals surface area (Å²) in [7, 11) is -3.62. The number of aromatic nitrogens is 2. The molecule has 0 radical (unpaired) electrons. The highest BCUT2D eigenvalue weighted by Gasteiger charge is 2.34. The SMILES string of the molecule is Cc1nc(-c2cc(S(=O)(=O)N3CCC(C(=O)NC4CCCC4)CC3)c(C)s2)no1. The molecule has 1 amide bonds. The molecule has 10 heteroatoms. The monoisotopic (exact) mass is 438 g/mol. The molecule has 1 saturated carbocycles. The number of carbonyl (C=O) groups is 1. The van der Waals surface area contributed by atoms with Crippen LogP contribution < -0.4 is 5.32 Å². The summed E-state index contributed by atoms with van der Waals surface area (Å²) in [6, 6.07) is 1.92. The summed E-state index contributed by atoms with van der Waals surface area (Å²) < 4.78 is 32.9. The lowest BCUT2D eigenvalue weighted by Gasteiger charge is -2.31. The Bertz CT molecular complexity index is 984. The van der Waals surface area contributed by atoms with Crippen molar-refractivity contribution in [2.75, 3.05) is 13.1 Å². The van der Waals surface area contributed by atoms with Gasteiger partial charge in [0.05, 0.1) is 9.77 Å². The highest BCUT2D eigenvalue weighted by Crippen LogP contribution is 2.35. The summed E-state index contributed by atoms with van der Waals surface area (Å²) in [5.41, 5.74) is 0. The smallest absolute Gasteiger partial charge is 0.244 e. The number of nitrogens with zero attached hydrogens (tertiary/aromatic N) is 3. The van der Waals surface area contributed by atoms with Gasteiger partial charge in [-0.2, -0.15) is 9.29 Å². The van der Waals surface area contributed by atoms with Gasteiger partial charge in [-0.1, -0.05) is 18.0 Å². The number of hydrogen-bond acceptors (Lipinski definition) is 7. The third-order valence-electron chi connectivity index (χ3n) is 5.76. The highest BCUT2D eigenvalue weighted by atomic mass is 32.2. The molecular formula is C19H26N4O4S2. The van der Waals surface area contributed by atoms with Crippen LogP contribution in [0.25, 0.3) is 10.7 Å². The fourth-order valence-corrected chi connectivity index (χ4v) is 7.07. The average molecular weight is 439 g/mol. The second-order valence-corrected chi connectivity index (χ2v) is 11.0. The van der Waals surface area contributed by atoms with Gasteiger partial charge in [-0.3, -0.25) is 4.79 Å². The van der Waals surface area contributed by atoms with E-state index in [0.29, 0.717) is 53.4 Å². The molecule has 3 heterocycles. The summed E-state index contributed by atoms with van der Waals surface area (Å²) in [6.45, 7) is 4.20. The van der Waals surface area contributed by atoms with Crippen molar-refractivity contribution < 1.29 is 17.7 Å². The van der Waals surface area contributed by atoms with Gasteiger partial charge in [-0.15, -0.1) is 11.3 Å². The van der Waals surface area contributed by atoms with E-state index in [9.17, 15) is 13.2 Å². The van der Waals surface area contributed by atoms with Gasteiger partial charge in [0.2, 0.25) is 27.6 Å². The van der Waals surface area contributed by atoms with Crippen molar-refractivity contribution in [2.45, 2.75) is 63.3 Å². The number of thiophene rings is 1. The largest absolute Gasteiger partial charge is 0.353 e. The fraction of sp³-hybridized carbons (Fsp3) is 0.632. The van der Waals surface area contributed by atoms with Crippen LogP contribution in [0.2, 0.25) is 0 Å². The normalized spacial score (nSPS) is 19.7. The van der Waals surface area contributed by atoms with E-state index in [1.807, 2.05) is 0 Å². The van der Waals surface area contributed by atoms with Crippen molar-refractivity contribution in [1.82, 2.24) is 19.8 Å². The lowest BCUT2D eigenvalue weighted by molar-refractivity contribution is -0.126. The third-order valence-corrected chi connectivity index (χ3v) is 8.96. The van der Waals surface area contributed by atoms with Gasteiger partial charge in [-0.25, -0.2) is 8.42 Å². The summed E-state index contributed by atoms with van der Waals surface area (Å²) in [5.74, 6) is 0.812. The van der Waals surface area contributed by atoms with E-state index in [2.05, 4.69) is 15.5 Å². The van der Waals surface area contributed by atoms with Crippen molar-refractivity contribution in [3.8, 4) is 10.7 Å². The predicted molar refractivity (Wildman–Crippen MR) is 109 cm³/mol. The van der Waals surface area contributed by atoms with E-state index in [1.54, 1.807) is 19.9 Å². The first kappa shape index (κ1) is 20.5. The van der Waals surface area contributed by atoms with Crippen LogP contribution in [0.1, 0.15) is 49.3 Å². The molecule has 2 aliphatic rings. The summed E-state index contributed by atoms with van der Waals surface area (Å²) >= 11 is 1.34. The van der Waals surface area contributed by atoms with E-state index < -0.39 is 10.0 Å². The Morgan fingerprint density at radius 3 is 2.52 bits per heavy atom. The molecule has 0 atom stereocenters. The number of amides is 1. The Morgan fingerprint density at radius 1 is 1.21 bits per heavy atom. The number of hydrogen-bond donors (Lipinski definition) is 1. The number of carbonyl (C=O) groups excluding carboxylic acids is 1. The topological polar surface area (TPSA) is 105 Å². The molecule has 0 aromatic carbocycles. The molecule has 1 N–H and O–H groups in total. The fourth-order valence-electron chi connectivity index (χ4n) is 4.12. The summed E-state index contributed by atoms with van der Waals surface area (Å²) in [6.07, 6.45) is 5.56. The molecule has 0 spiro atoms. The second kappa shape index (κ2) is 8.16. The molecule has 8 nitrogen and oxygen atoms in total. The van der Waals surface area contributed by atoms with Crippen molar-refractivity contribution in [3.63, 3.8) is 0 Å². The highest BCUT2D eigenvalue weighted by molar-refractivity contribution is 7.89. The molecule has 2 aromatic heterocycles. The van der Waals surface area contributed by atoms with Crippen LogP contribution in [-0.4, -0.2) is 47.9 Å². The minimum Gasteiger partial charge on any atom is -0.353 e. The molecule has 1 aliphatic heterocycles. The van der Waals surface area contributed by atoms with Crippen molar-refractivity contribution >= 4 is 27.3 Å². The number of piperidine rings is 1. The summed E-state index contributed by atoms with van der Waals surface area (Å²) in [4.78, 5) is 18.3. The number of nitrogens with one attached hydrogen (secondary N) is 1. The van der Waals surface area contributed by atoms with Crippen LogP contribution in [0.15, 0.2) is 15.5 Å². The van der Waals surface area contributed by atoms with Gasteiger partial charge in [0.25, 0.3) is 0 Å². The lowest BCUT2D eigenvalue weighted by Crippen LogP contribution is -2.44. The zero-order chi connectivity index (χ0) is 20.6. The minimum absolute atomic E-state index is 0.0791. The van der Waals surface area contributed by atoms with E-state index >= 15 is 0 Å². The Morgan fingerprint density at radius 2 is 1.90 bits per heavy atom. The molecule has 0 unspecified atom stereocenters. The van der Waals surface area contributed by atoms with E-state index in [1.165, 1.54) is 28.5 Å². The van der Waals surface area contributed by atoms with Crippen LogP contribution >= 0.6 is 11.3 Å². The van der Waals surface area contributed by atoms with Gasteiger partial charge in [0.1, 0.15) is 0 Å². The molecule has 4 rings (SSSR count). The van der Waals surface area contributed by atoms with Gasteiger partial charge < -0.3 is 9.84 Å². The van der Waals surface area contributed by atoms with Crippen LogP contribution in [-0.2, 0) is 14.8 Å². The molecular weight excluding hydrogens is 412 g/mol. The Labute approximate surface area is 174 Å². The molecule has 2 fully saturated rings. The first-order valence-corrected chi connectivity index (χ1v) is 12.3. The van der Waals surface area contributed by atoms with Crippen molar-refractivity contribution in [1.29, 1.82) is 0 Å². The molecule has 2 aromatic rings. The number of aryl methyl sites for hydroxylation is 2. The Hall–Kier alpha value is -1.78. The number of rotatable bonds is 5. The second-order valence-electron chi connectivity index (χ2n) is 7.84. The number of sulfonamides is 1. The van der Waals surface area contributed by atoms with Crippen molar-refractivity contribution in [2.24, 2.45) is 5.92 Å². The van der Waals surface area contributed by atoms with Crippen LogP contribution in [0.3, 0.4) is 0 Å². The summed E-state index contributed by atoms with van der Waals surface area (Å²) in [5, 5.41) is 7.02. The maximum atomic E-state index is 13.2. The zero-order valence-electron chi connectivity index (χ0n) is 16.7. The van der Waals surface area contributed by atoms with Crippen LogP contribution in [0.5, 0.6) is 0 Å². The average Bonchev–Trinajstić information content (AvgIpc) is 3.43. The standard InChI is InChI=1S/C19H26N4O4S2/c1-12-17(11-16(28-12)18-20-13(2)27-22-18)29(25,26)23-9-7-14(8-10-23)19(24)21-15-5-3-4-6-15/h11,14-15H,3-10H2,1-2H3,(H,21,24). The van der Waals surface area contributed by atoms with E-state index in [-0.39, 0.29) is 16.7 Å². The predicted octanol–water partition coefficient (Wildman–Crippen LogP) is 2.87. The maximum absolute atomic E-state index is 13.2. The Balaban J connectivity index is 1.42. The lowest BCUT2D eigenvalue weighted by atomic mass is 9.97. The van der Waals surface area contributed by atoms with Crippen LogP contribution in [0, 0.1) is 19.8 Å². The first-order chi connectivity index (χ1) is 13.8. The maximum Gasteiger partial charge on any atom is 0.244 e. The quantitative estimate of drug-likeness (QED) is 0.769. The Kier molecular flexibility index (Phi) is 5.76. The van der Waals surface area contributed by atoms with Crippen LogP contribution in [0.4, 0.5) is 0 Å². The molecule has 0 bridgehead atoms. The molecule has 158 valence electrons. The first-order valence-electron chi connectivity index (χ1n) is 10.1. The molecule has 29 heavy (non-hydrogen) atoms. The molecule has 1 saturated heterocycles. The van der Waals surface area contributed by atoms with E-state index in [0.717, 1.165) is 12.8 Å². The van der Waals surface area contributed by atoms with E-state index in [4.69, 9.17) is 4.52 Å².